The van der Waals surface area contributed by atoms with Gasteiger partial charge in [-0.1, -0.05) is 0 Å². The van der Waals surface area contributed by atoms with Crippen molar-refractivity contribution in [3.8, 4) is 0 Å². The van der Waals surface area contributed by atoms with Gasteiger partial charge in [-0.05, 0) is 0 Å². The average Bonchev–Trinajstić information content (AvgIpc) is 2.61. The standard InChI is InChI=1S/C9H16O6/c1-13-8(11)3-9(12)15-5-7-2-6(10)4-14-7/h6-7,9-10,12H,2-5H2,1H3/t6-,7+,9-/m0/s1. The van der Waals surface area contributed by atoms with Crippen LogP contribution in [0, 0.1) is 0 Å². The van der Waals surface area contributed by atoms with Gasteiger partial charge in [-0.3, -0.25) is 4.79 Å². The van der Waals surface area contributed by atoms with Crippen LogP contribution >= 0.6 is 0 Å². The predicted octanol–water partition coefficient (Wildman–Crippen LogP) is -0.966. The first kappa shape index (κ1) is 12.4. The number of ether oxygens (including phenoxy) is 3. The number of rotatable bonds is 5. The van der Waals surface area contributed by atoms with Crippen molar-refractivity contribution < 1.29 is 29.2 Å². The SMILES string of the molecule is COC(=O)C[C@@H](O)OC[C@H]1C[C@H](O)CO1. The molecule has 88 valence electrons. The summed E-state index contributed by atoms with van der Waals surface area (Å²) < 4.78 is 14.5. The highest BCUT2D eigenvalue weighted by Gasteiger charge is 2.24. The lowest BCUT2D eigenvalue weighted by Gasteiger charge is -2.14. The zero-order valence-electron chi connectivity index (χ0n) is 8.59. The van der Waals surface area contributed by atoms with Crippen molar-refractivity contribution in [1.82, 2.24) is 0 Å². The van der Waals surface area contributed by atoms with E-state index in [4.69, 9.17) is 14.6 Å². The third-order valence-electron chi connectivity index (χ3n) is 2.10. The lowest BCUT2D eigenvalue weighted by atomic mass is 10.2. The van der Waals surface area contributed by atoms with E-state index in [1.54, 1.807) is 0 Å². The van der Waals surface area contributed by atoms with Crippen molar-refractivity contribution in [2.24, 2.45) is 0 Å². The smallest absolute Gasteiger partial charge is 0.310 e. The number of aliphatic hydroxyl groups is 2. The Morgan fingerprint density at radius 3 is 2.93 bits per heavy atom. The van der Waals surface area contributed by atoms with Crippen LogP contribution < -0.4 is 0 Å². The van der Waals surface area contributed by atoms with Gasteiger partial charge in [0.2, 0.25) is 0 Å². The number of aliphatic hydroxyl groups excluding tert-OH is 2. The molecule has 1 aliphatic rings. The molecule has 0 bridgehead atoms. The van der Waals surface area contributed by atoms with Crippen molar-refractivity contribution in [3.63, 3.8) is 0 Å². The fourth-order valence-electron chi connectivity index (χ4n) is 1.31. The first-order valence-electron chi connectivity index (χ1n) is 4.78. The van der Waals surface area contributed by atoms with Gasteiger partial charge >= 0.3 is 5.97 Å². The summed E-state index contributed by atoms with van der Waals surface area (Å²) in [7, 11) is 1.24. The molecule has 1 rings (SSSR count). The second kappa shape index (κ2) is 6.02. The Bertz CT molecular complexity index is 207. The van der Waals surface area contributed by atoms with Crippen molar-refractivity contribution >= 4 is 5.97 Å². The maximum Gasteiger partial charge on any atom is 0.310 e. The monoisotopic (exact) mass is 220 g/mol. The van der Waals surface area contributed by atoms with Gasteiger partial charge in [-0.15, -0.1) is 0 Å². The first-order chi connectivity index (χ1) is 7.11. The second-order valence-corrected chi connectivity index (χ2v) is 3.41. The molecule has 0 aromatic heterocycles. The van der Waals surface area contributed by atoms with Gasteiger partial charge in [0.1, 0.15) is 0 Å². The molecule has 1 fully saturated rings. The molecule has 0 aromatic carbocycles. The minimum Gasteiger partial charge on any atom is -0.469 e. The lowest BCUT2D eigenvalue weighted by molar-refractivity contribution is -0.160. The number of esters is 1. The molecule has 0 amide bonds. The maximum atomic E-state index is 10.7. The molecule has 6 nitrogen and oxygen atoms in total. The van der Waals surface area contributed by atoms with Crippen LogP contribution in [0.5, 0.6) is 0 Å². The third kappa shape index (κ3) is 4.57. The topological polar surface area (TPSA) is 85.2 Å². The number of carbonyl (C=O) groups is 1. The van der Waals surface area contributed by atoms with Gasteiger partial charge in [-0.25, -0.2) is 0 Å². The molecule has 1 aliphatic heterocycles. The van der Waals surface area contributed by atoms with Crippen LogP contribution in [-0.2, 0) is 19.0 Å². The summed E-state index contributed by atoms with van der Waals surface area (Å²) in [4.78, 5) is 10.7. The van der Waals surface area contributed by atoms with Gasteiger partial charge in [0.15, 0.2) is 6.29 Å². The highest BCUT2D eigenvalue weighted by atomic mass is 16.6. The molecule has 0 aliphatic carbocycles. The summed E-state index contributed by atoms with van der Waals surface area (Å²) in [5.74, 6) is -0.533. The van der Waals surface area contributed by atoms with Gasteiger partial charge < -0.3 is 24.4 Å². The molecule has 1 heterocycles. The Kier molecular flexibility index (Phi) is 4.97. The fraction of sp³-hybridized carbons (Fsp3) is 0.889. The van der Waals surface area contributed by atoms with Crippen LogP contribution in [0.25, 0.3) is 0 Å². The maximum absolute atomic E-state index is 10.7. The summed E-state index contributed by atoms with van der Waals surface area (Å²) in [6.45, 7) is 0.455. The van der Waals surface area contributed by atoms with Crippen LogP contribution in [0.2, 0.25) is 0 Å². The first-order valence-corrected chi connectivity index (χ1v) is 4.78. The quantitative estimate of drug-likeness (QED) is 0.458. The highest BCUT2D eigenvalue weighted by Crippen LogP contribution is 2.13. The third-order valence-corrected chi connectivity index (χ3v) is 2.10. The summed E-state index contributed by atoms with van der Waals surface area (Å²) >= 11 is 0. The molecule has 0 saturated carbocycles. The predicted molar refractivity (Wildman–Crippen MR) is 49.0 cm³/mol. The molecule has 15 heavy (non-hydrogen) atoms. The van der Waals surface area contributed by atoms with E-state index >= 15 is 0 Å². The summed E-state index contributed by atoms with van der Waals surface area (Å²) in [6.07, 6.45) is -1.57. The molecule has 0 aromatic rings. The fourth-order valence-corrected chi connectivity index (χ4v) is 1.31. The number of methoxy groups -OCH3 is 1. The minimum absolute atomic E-state index is 0.162. The van der Waals surface area contributed by atoms with E-state index in [1.807, 2.05) is 0 Å². The van der Waals surface area contributed by atoms with Crippen molar-refractivity contribution in [2.75, 3.05) is 20.3 Å². The summed E-state index contributed by atoms with van der Waals surface area (Å²) in [6, 6.07) is 0. The van der Waals surface area contributed by atoms with Crippen LogP contribution in [0.4, 0.5) is 0 Å². The largest absolute Gasteiger partial charge is 0.469 e. The summed E-state index contributed by atoms with van der Waals surface area (Å²) in [5.41, 5.74) is 0. The van der Waals surface area contributed by atoms with E-state index in [1.165, 1.54) is 7.11 Å². The molecule has 0 unspecified atom stereocenters. The highest BCUT2D eigenvalue weighted by molar-refractivity contribution is 5.69. The zero-order valence-corrected chi connectivity index (χ0v) is 8.59. The molecule has 0 radical (unpaired) electrons. The Morgan fingerprint density at radius 1 is 1.67 bits per heavy atom. The van der Waals surface area contributed by atoms with Gasteiger partial charge in [-0.2, -0.15) is 0 Å². The van der Waals surface area contributed by atoms with Gasteiger partial charge in [0.25, 0.3) is 0 Å². The number of carbonyl (C=O) groups excluding carboxylic acids is 1. The number of hydrogen-bond acceptors (Lipinski definition) is 6. The Labute approximate surface area is 87.7 Å². The van der Waals surface area contributed by atoms with E-state index < -0.39 is 18.4 Å². The minimum atomic E-state index is -1.18. The van der Waals surface area contributed by atoms with Crippen molar-refractivity contribution in [3.05, 3.63) is 0 Å². The molecule has 6 heteroatoms. The van der Waals surface area contributed by atoms with E-state index in [9.17, 15) is 9.90 Å². The molecular formula is C9H16O6. The Morgan fingerprint density at radius 2 is 2.40 bits per heavy atom. The van der Waals surface area contributed by atoms with Crippen LogP contribution in [0.1, 0.15) is 12.8 Å². The van der Waals surface area contributed by atoms with Crippen LogP contribution in [0.15, 0.2) is 0 Å². The second-order valence-electron chi connectivity index (χ2n) is 3.41. The molecule has 3 atom stereocenters. The van der Waals surface area contributed by atoms with Gasteiger partial charge in [0, 0.05) is 6.42 Å². The molecule has 1 saturated heterocycles. The Hall–Kier alpha value is -0.690. The van der Waals surface area contributed by atoms with Crippen LogP contribution in [-0.4, -0.2) is 55.0 Å². The van der Waals surface area contributed by atoms with E-state index in [0.29, 0.717) is 13.0 Å². The average molecular weight is 220 g/mol. The number of hydrogen-bond donors (Lipinski definition) is 2. The molecule has 2 N–H and O–H groups in total. The van der Waals surface area contributed by atoms with Crippen molar-refractivity contribution in [2.45, 2.75) is 31.3 Å². The van der Waals surface area contributed by atoms with Gasteiger partial charge in [0.05, 0.1) is 39.0 Å². The van der Waals surface area contributed by atoms with E-state index in [0.717, 1.165) is 0 Å². The van der Waals surface area contributed by atoms with Crippen molar-refractivity contribution in [1.29, 1.82) is 0 Å². The Balaban J connectivity index is 2.11. The normalized spacial score (nSPS) is 27.7. The summed E-state index contributed by atoms with van der Waals surface area (Å²) in [5, 5.41) is 18.4. The zero-order chi connectivity index (χ0) is 11.3. The van der Waals surface area contributed by atoms with E-state index in [2.05, 4.69) is 4.74 Å². The molecule has 0 spiro atoms. The lowest BCUT2D eigenvalue weighted by Crippen LogP contribution is -2.24. The molecular weight excluding hydrogens is 204 g/mol. The van der Waals surface area contributed by atoms with Crippen LogP contribution in [0.3, 0.4) is 0 Å². The van der Waals surface area contributed by atoms with E-state index in [-0.39, 0.29) is 19.1 Å².